The Labute approximate surface area is 380 Å². The van der Waals surface area contributed by atoms with Crippen molar-refractivity contribution in [2.75, 3.05) is 13.2 Å². The number of ether oxygens (including phenoxy) is 1. The number of benzene rings is 4. The summed E-state index contributed by atoms with van der Waals surface area (Å²) in [6, 6.07) is 43.5. The molecule has 4 aromatic heterocycles. The van der Waals surface area contributed by atoms with Gasteiger partial charge in [0.05, 0.1) is 0 Å². The van der Waals surface area contributed by atoms with Crippen LogP contribution in [0.4, 0.5) is 0 Å². The van der Waals surface area contributed by atoms with Crippen LogP contribution < -0.4 is 15.9 Å². The van der Waals surface area contributed by atoms with Gasteiger partial charge in [0.25, 0.3) is 0 Å². The topological polar surface area (TPSA) is 9.23 Å². The molecule has 4 aromatic carbocycles. The van der Waals surface area contributed by atoms with E-state index in [1.54, 1.807) is 0 Å². The van der Waals surface area contributed by atoms with Gasteiger partial charge in [0.2, 0.25) is 0 Å². The Hall–Kier alpha value is -4.03. The van der Waals surface area contributed by atoms with Crippen LogP contribution in [0.2, 0.25) is 0 Å². The molecule has 0 radical (unpaired) electrons. The van der Waals surface area contributed by atoms with Gasteiger partial charge in [-0.05, 0) is 6.92 Å². The monoisotopic (exact) mass is 1050 g/mol. The number of aryl methyl sites for hydroxylation is 4. The zero-order valence-corrected chi connectivity index (χ0v) is 41.2. The molecule has 1 aliphatic rings. The molecular formula is C53H45OOsPS4+. The van der Waals surface area contributed by atoms with Gasteiger partial charge in [-0.15, -0.1) is 0 Å². The molecule has 7 heteroatoms. The first-order valence-electron chi connectivity index (χ1n) is 20.2. The minimum atomic E-state index is -2.53. The van der Waals surface area contributed by atoms with Gasteiger partial charge in [-0.1, -0.05) is 0 Å². The number of hydrogen-bond acceptors (Lipinski definition) is 5. The fourth-order valence-electron chi connectivity index (χ4n) is 8.42. The SMILES string of the molecule is CC=C1COCC1=CC(=C([C]#[Os])[P+](c1ccccc1)(c1ccccc1)c1ccccc1)c1cc2c(-c3cc(C)c(C)s3)c3sc(/C=C/C)cc3c(-c3cc(C)c(C)s3)c2s1. The molecule has 0 N–H and O–H groups in total. The summed E-state index contributed by atoms with van der Waals surface area (Å²) < 4.78 is 12.9. The van der Waals surface area contributed by atoms with Crippen LogP contribution in [0.1, 0.15) is 44.5 Å². The van der Waals surface area contributed by atoms with Crippen LogP contribution in [0.5, 0.6) is 0 Å². The summed E-state index contributed by atoms with van der Waals surface area (Å²) in [6.07, 6.45) is 9.13. The average molecular weight is 1050 g/mol. The van der Waals surface area contributed by atoms with Crippen molar-refractivity contribution in [3.63, 3.8) is 0 Å². The van der Waals surface area contributed by atoms with Gasteiger partial charge >= 0.3 is 377 Å². The van der Waals surface area contributed by atoms with E-state index in [2.05, 4.69) is 185 Å². The molecule has 0 spiro atoms. The van der Waals surface area contributed by atoms with E-state index >= 15 is 0 Å². The van der Waals surface area contributed by atoms with E-state index in [1.165, 1.54) is 110 Å². The van der Waals surface area contributed by atoms with Gasteiger partial charge in [0, 0.05) is 0 Å². The van der Waals surface area contributed by atoms with Crippen LogP contribution in [-0.2, 0) is 22.7 Å². The first kappa shape index (κ1) is 41.3. The molecule has 1 nitrogen and oxygen atoms in total. The maximum absolute atomic E-state index is 6.20. The fraction of sp³-hybridized carbons (Fsp3) is 0.151. The van der Waals surface area contributed by atoms with E-state index in [-0.39, 0.29) is 0 Å². The van der Waals surface area contributed by atoms with Crippen molar-refractivity contribution in [1.82, 2.24) is 0 Å². The number of rotatable bonds is 9. The predicted molar refractivity (Wildman–Crippen MR) is 266 cm³/mol. The Morgan fingerprint density at radius 1 is 0.633 bits per heavy atom. The average Bonchev–Trinajstić information content (AvgIpc) is 4.12. The summed E-state index contributed by atoms with van der Waals surface area (Å²) in [5.41, 5.74) is 9.11. The van der Waals surface area contributed by atoms with Crippen LogP contribution in [0.25, 0.3) is 52.7 Å². The molecule has 1 saturated heterocycles. The Morgan fingerprint density at radius 2 is 1.13 bits per heavy atom. The summed E-state index contributed by atoms with van der Waals surface area (Å²) in [5, 5.41) is 7.85. The van der Waals surface area contributed by atoms with Crippen molar-refractivity contribution in [2.24, 2.45) is 0 Å². The second-order valence-corrected chi connectivity index (χ2v) is 23.8. The molecule has 0 aliphatic carbocycles. The van der Waals surface area contributed by atoms with Crippen LogP contribution >= 0.6 is 52.6 Å². The molecule has 0 bridgehead atoms. The summed E-state index contributed by atoms with van der Waals surface area (Å²) in [4.78, 5) is 7.95. The van der Waals surface area contributed by atoms with E-state index in [0.29, 0.717) is 13.2 Å². The number of allylic oxidation sites excluding steroid dienone is 5. The van der Waals surface area contributed by atoms with Gasteiger partial charge in [-0.25, -0.2) is 0 Å². The first-order chi connectivity index (χ1) is 29.3. The van der Waals surface area contributed by atoms with E-state index in [0.717, 1.165) is 0 Å². The molecule has 9 rings (SSSR count). The molecule has 1 fully saturated rings. The van der Waals surface area contributed by atoms with Crippen molar-refractivity contribution in [3.8, 4) is 25.3 Å². The number of fused-ring (bicyclic) bond motifs is 2. The predicted octanol–water partition coefficient (Wildman–Crippen LogP) is 15.0. The Balaban J connectivity index is 1.49. The Bertz CT molecular complexity index is 2840. The maximum atomic E-state index is 6.20. The molecule has 1 aliphatic heterocycles. The van der Waals surface area contributed by atoms with E-state index in [9.17, 15) is 0 Å². The van der Waals surface area contributed by atoms with Gasteiger partial charge < -0.3 is 0 Å². The zero-order valence-electron chi connectivity index (χ0n) is 34.5. The molecular weight excluding hydrogens is 1000 g/mol. The van der Waals surface area contributed by atoms with Gasteiger partial charge in [-0.2, -0.15) is 0 Å². The molecule has 5 heterocycles. The van der Waals surface area contributed by atoms with Gasteiger partial charge in [0.1, 0.15) is 0 Å². The molecule has 0 atom stereocenters. The third-order valence-corrected chi connectivity index (χ3v) is 21.6. The molecule has 0 amide bonds. The zero-order chi connectivity index (χ0) is 41.5. The quantitative estimate of drug-likeness (QED) is 0.131. The van der Waals surface area contributed by atoms with Gasteiger partial charge in [-0.3, -0.25) is 0 Å². The van der Waals surface area contributed by atoms with E-state index in [4.69, 9.17) is 4.74 Å². The fourth-order valence-corrected chi connectivity index (χ4v) is 19.1. The second kappa shape index (κ2) is 17.4. The number of hydrogen-bond donors (Lipinski definition) is 0. The summed E-state index contributed by atoms with van der Waals surface area (Å²) in [5.74, 6) is 0. The third-order valence-electron chi connectivity index (χ3n) is 11.6. The van der Waals surface area contributed by atoms with Crippen molar-refractivity contribution < 1.29 is 22.7 Å². The third kappa shape index (κ3) is 7.20. The Morgan fingerprint density at radius 3 is 1.60 bits per heavy atom. The molecule has 60 heavy (non-hydrogen) atoms. The van der Waals surface area contributed by atoms with Crippen LogP contribution in [0.15, 0.2) is 150 Å². The van der Waals surface area contributed by atoms with Crippen molar-refractivity contribution in [2.45, 2.75) is 41.5 Å². The normalized spacial score (nSPS) is 15.2. The standard InChI is InChI=1S/C53H45OPS4.Os/c1-8-19-43-29-45-50(48-26-33(3)36(6)56-48)53-46(51(52(45)58-43)49-27-34(4)37(7)57-49)30-47(59-53)44(28-39-32-54-31-38(39)9-2)35(5)55(40-20-13-10-14-21-40,41-22-15-11-16-23-41)42-24-17-12-18-25-42;/h8-30H,31-32H2,1-4,6-7H3;/q+1;/b19-8+,38-9?,39-28?,44-35?;. The molecule has 0 saturated carbocycles. The van der Waals surface area contributed by atoms with E-state index in [1.807, 2.05) is 63.3 Å². The van der Waals surface area contributed by atoms with Crippen molar-refractivity contribution in [3.05, 3.63) is 181 Å². The Kier molecular flexibility index (Phi) is 12.0. The number of thiophene rings is 4. The van der Waals surface area contributed by atoms with E-state index < -0.39 is 7.26 Å². The summed E-state index contributed by atoms with van der Waals surface area (Å²) >= 11 is 9.58. The summed E-state index contributed by atoms with van der Waals surface area (Å²) in [6.45, 7) is 14.5. The van der Waals surface area contributed by atoms with Crippen LogP contribution in [-0.4, -0.2) is 13.2 Å². The molecule has 8 aromatic rings. The van der Waals surface area contributed by atoms with Crippen LogP contribution in [0.3, 0.4) is 0 Å². The second-order valence-electron chi connectivity index (χ2n) is 15.2. The van der Waals surface area contributed by atoms with Crippen molar-refractivity contribution >= 4 is 100 Å². The van der Waals surface area contributed by atoms with Crippen molar-refractivity contribution in [1.29, 1.82) is 0 Å². The minimum absolute atomic E-state index is 0.586. The van der Waals surface area contributed by atoms with Crippen LogP contribution in [0, 0.1) is 32.1 Å². The molecule has 0 unspecified atom stereocenters. The summed E-state index contributed by atoms with van der Waals surface area (Å²) in [7, 11) is -2.53. The molecule has 299 valence electrons. The van der Waals surface area contributed by atoms with Gasteiger partial charge in [0.15, 0.2) is 0 Å². The first-order valence-corrected chi connectivity index (χ1v) is 26.5.